The Morgan fingerprint density at radius 2 is 1.71 bits per heavy atom. The Hall–Kier alpha value is -4.18. The number of carbonyl (C=O) groups is 1. The Bertz CT molecular complexity index is 1400. The van der Waals surface area contributed by atoms with Crippen LogP contribution >= 0.6 is 0 Å². The highest BCUT2D eigenvalue weighted by atomic mass is 16.4. The van der Waals surface area contributed by atoms with Crippen LogP contribution in [0.4, 0.5) is 11.6 Å². The minimum Gasteiger partial charge on any atom is -0.408 e. The molecule has 1 fully saturated rings. The van der Waals surface area contributed by atoms with Gasteiger partial charge >= 0.3 is 5.76 Å². The van der Waals surface area contributed by atoms with Crippen molar-refractivity contribution < 1.29 is 9.21 Å². The molecule has 3 heterocycles. The van der Waals surface area contributed by atoms with E-state index in [1.807, 2.05) is 17.4 Å². The number of amides is 1. The molecule has 0 unspecified atom stereocenters. The van der Waals surface area contributed by atoms with Crippen molar-refractivity contribution in [2.45, 2.75) is 18.9 Å². The smallest absolute Gasteiger partial charge is 0.408 e. The van der Waals surface area contributed by atoms with Gasteiger partial charge in [0, 0.05) is 37.8 Å². The van der Waals surface area contributed by atoms with Gasteiger partial charge in [0.15, 0.2) is 5.58 Å². The molecule has 2 aromatic heterocycles. The van der Waals surface area contributed by atoms with E-state index in [1.165, 1.54) is 11.1 Å². The zero-order valence-electron chi connectivity index (χ0n) is 19.0. The molecule has 3 N–H and O–H groups in total. The van der Waals surface area contributed by atoms with Gasteiger partial charge in [-0.25, -0.2) is 19.8 Å². The van der Waals surface area contributed by atoms with Crippen molar-refractivity contribution in [1.82, 2.24) is 25.4 Å². The maximum atomic E-state index is 12.6. The quantitative estimate of drug-likeness (QED) is 0.404. The standard InChI is InChI=1S/C25H25N7O3/c33-23(18-5-6-21-22(13-18)35-25(34)29-21)30-32-9-7-31(8-10-32)20-14-26-24(27-15-20)28-19-11-16-3-1-2-4-17(16)12-19/h1-6,13-15,19H,7-12H2,(H,29,34)(H,30,33)(H,26,27,28). The summed E-state index contributed by atoms with van der Waals surface area (Å²) < 4.78 is 5.04. The molecule has 0 saturated carbocycles. The Balaban J connectivity index is 1.01. The Morgan fingerprint density at radius 3 is 2.43 bits per heavy atom. The summed E-state index contributed by atoms with van der Waals surface area (Å²) in [5, 5.41) is 5.35. The number of aromatic nitrogens is 3. The summed E-state index contributed by atoms with van der Waals surface area (Å²) in [6.45, 7) is 2.79. The van der Waals surface area contributed by atoms with Crippen LogP contribution in [0.2, 0.25) is 0 Å². The van der Waals surface area contributed by atoms with Crippen LogP contribution in [0.1, 0.15) is 21.5 Å². The summed E-state index contributed by atoms with van der Waals surface area (Å²) in [7, 11) is 0. The van der Waals surface area contributed by atoms with E-state index in [2.05, 4.69) is 54.9 Å². The summed E-state index contributed by atoms with van der Waals surface area (Å²) >= 11 is 0. The van der Waals surface area contributed by atoms with Crippen LogP contribution in [0.15, 0.2) is 64.1 Å². The molecule has 4 aromatic rings. The van der Waals surface area contributed by atoms with Gasteiger partial charge in [-0.3, -0.25) is 15.2 Å². The molecule has 1 aliphatic heterocycles. The maximum absolute atomic E-state index is 12.6. The lowest BCUT2D eigenvalue weighted by molar-refractivity contribution is 0.0777. The Labute approximate surface area is 201 Å². The molecular weight excluding hydrogens is 446 g/mol. The monoisotopic (exact) mass is 471 g/mol. The highest BCUT2D eigenvalue weighted by Gasteiger charge is 2.23. The van der Waals surface area contributed by atoms with E-state index in [0.29, 0.717) is 41.7 Å². The number of nitrogens with zero attached hydrogens (tertiary/aromatic N) is 4. The first-order chi connectivity index (χ1) is 17.1. The summed E-state index contributed by atoms with van der Waals surface area (Å²) in [6.07, 6.45) is 5.68. The molecule has 178 valence electrons. The number of carbonyl (C=O) groups excluding carboxylic acids is 1. The Morgan fingerprint density at radius 1 is 1.00 bits per heavy atom. The summed E-state index contributed by atoms with van der Waals surface area (Å²) in [5.74, 6) is -0.129. The van der Waals surface area contributed by atoms with Crippen LogP contribution in [0.25, 0.3) is 11.1 Å². The van der Waals surface area contributed by atoms with E-state index in [-0.39, 0.29) is 5.91 Å². The van der Waals surface area contributed by atoms with Crippen molar-refractivity contribution in [3.05, 3.63) is 82.1 Å². The average Bonchev–Trinajstić information content (AvgIpc) is 3.46. The molecule has 1 amide bonds. The summed E-state index contributed by atoms with van der Waals surface area (Å²) in [5.41, 5.74) is 8.04. The lowest BCUT2D eigenvalue weighted by Crippen LogP contribution is -2.53. The van der Waals surface area contributed by atoms with Gasteiger partial charge in [0.2, 0.25) is 5.95 Å². The third-order valence-electron chi connectivity index (χ3n) is 6.61. The first kappa shape index (κ1) is 21.4. The first-order valence-corrected chi connectivity index (χ1v) is 11.7. The number of anilines is 2. The zero-order valence-corrected chi connectivity index (χ0v) is 19.0. The molecule has 10 nitrogen and oxygen atoms in total. The SMILES string of the molecule is O=C(NN1CCN(c2cnc(NC3Cc4ccccc4C3)nc2)CC1)c1ccc2[nH]c(=O)oc2c1. The molecule has 1 saturated heterocycles. The normalized spacial score (nSPS) is 16.4. The van der Waals surface area contributed by atoms with E-state index < -0.39 is 5.76 Å². The number of H-pyrrole nitrogens is 1. The van der Waals surface area contributed by atoms with Gasteiger partial charge in [-0.2, -0.15) is 0 Å². The average molecular weight is 472 g/mol. The van der Waals surface area contributed by atoms with Gasteiger partial charge < -0.3 is 14.6 Å². The van der Waals surface area contributed by atoms with E-state index in [1.54, 1.807) is 18.2 Å². The van der Waals surface area contributed by atoms with Crippen LogP contribution in [0, 0.1) is 0 Å². The van der Waals surface area contributed by atoms with Crippen LogP contribution < -0.4 is 21.4 Å². The van der Waals surface area contributed by atoms with Gasteiger partial charge in [-0.15, -0.1) is 0 Å². The topological polar surface area (TPSA) is 119 Å². The molecule has 35 heavy (non-hydrogen) atoms. The fourth-order valence-corrected chi connectivity index (χ4v) is 4.77. The van der Waals surface area contributed by atoms with Gasteiger partial charge in [0.1, 0.15) is 0 Å². The molecule has 0 bridgehead atoms. The van der Waals surface area contributed by atoms with Crippen LogP contribution in [0.5, 0.6) is 0 Å². The number of aromatic amines is 1. The number of rotatable bonds is 5. The third-order valence-corrected chi connectivity index (χ3v) is 6.61. The maximum Gasteiger partial charge on any atom is 0.417 e. The number of fused-ring (bicyclic) bond motifs is 2. The van der Waals surface area contributed by atoms with Crippen LogP contribution in [0.3, 0.4) is 0 Å². The van der Waals surface area contributed by atoms with Crippen molar-refractivity contribution in [3.63, 3.8) is 0 Å². The van der Waals surface area contributed by atoms with E-state index in [0.717, 1.165) is 31.6 Å². The van der Waals surface area contributed by atoms with E-state index in [4.69, 9.17) is 4.42 Å². The minimum atomic E-state index is -0.536. The van der Waals surface area contributed by atoms with Gasteiger partial charge in [0.05, 0.1) is 23.6 Å². The number of benzene rings is 2. The molecule has 10 heteroatoms. The van der Waals surface area contributed by atoms with Crippen molar-refractivity contribution in [3.8, 4) is 0 Å². The van der Waals surface area contributed by atoms with Crippen molar-refractivity contribution in [2.24, 2.45) is 0 Å². The first-order valence-electron chi connectivity index (χ1n) is 11.7. The lowest BCUT2D eigenvalue weighted by atomic mass is 10.1. The predicted molar refractivity (Wildman–Crippen MR) is 131 cm³/mol. The minimum absolute atomic E-state index is 0.239. The number of nitrogens with one attached hydrogen (secondary N) is 3. The molecule has 6 rings (SSSR count). The van der Waals surface area contributed by atoms with Gasteiger partial charge in [-0.05, 0) is 42.2 Å². The number of piperazine rings is 1. The number of hydrogen-bond acceptors (Lipinski definition) is 8. The van der Waals surface area contributed by atoms with Crippen molar-refractivity contribution >= 4 is 28.6 Å². The van der Waals surface area contributed by atoms with Gasteiger partial charge in [0.25, 0.3) is 5.91 Å². The predicted octanol–water partition coefficient (Wildman–Crippen LogP) is 1.96. The van der Waals surface area contributed by atoms with Crippen molar-refractivity contribution in [2.75, 3.05) is 36.4 Å². The second kappa shape index (κ2) is 8.88. The lowest BCUT2D eigenvalue weighted by Gasteiger charge is -2.35. The molecule has 0 atom stereocenters. The highest BCUT2D eigenvalue weighted by molar-refractivity contribution is 5.96. The van der Waals surface area contributed by atoms with Gasteiger partial charge in [-0.1, -0.05) is 24.3 Å². The molecule has 0 radical (unpaired) electrons. The van der Waals surface area contributed by atoms with Crippen LogP contribution in [-0.2, 0) is 12.8 Å². The number of hydrogen-bond donors (Lipinski definition) is 3. The van der Waals surface area contributed by atoms with E-state index in [9.17, 15) is 9.59 Å². The number of hydrazine groups is 1. The van der Waals surface area contributed by atoms with E-state index >= 15 is 0 Å². The fourth-order valence-electron chi connectivity index (χ4n) is 4.77. The largest absolute Gasteiger partial charge is 0.417 e. The van der Waals surface area contributed by atoms with Crippen LogP contribution in [-0.4, -0.2) is 58.1 Å². The summed E-state index contributed by atoms with van der Waals surface area (Å²) in [4.78, 5) is 37.8. The second-order valence-corrected chi connectivity index (χ2v) is 8.92. The van der Waals surface area contributed by atoms with Crippen molar-refractivity contribution in [1.29, 1.82) is 0 Å². The molecule has 1 aliphatic carbocycles. The highest BCUT2D eigenvalue weighted by Crippen LogP contribution is 2.24. The summed E-state index contributed by atoms with van der Waals surface area (Å²) in [6, 6.07) is 13.7. The zero-order chi connectivity index (χ0) is 23.8. The fraction of sp³-hybridized carbons (Fsp3) is 0.280. The third kappa shape index (κ3) is 4.47. The number of oxazole rings is 1. The second-order valence-electron chi connectivity index (χ2n) is 8.92. The molecular formula is C25H25N7O3. The Kier molecular flexibility index (Phi) is 5.42. The molecule has 2 aromatic carbocycles. The molecule has 2 aliphatic rings. The molecule has 0 spiro atoms.